The first-order chi connectivity index (χ1) is 26.0. The van der Waals surface area contributed by atoms with E-state index in [-0.39, 0.29) is 12.8 Å². The van der Waals surface area contributed by atoms with Crippen molar-refractivity contribution in [2.24, 2.45) is 10.8 Å². The summed E-state index contributed by atoms with van der Waals surface area (Å²) in [4.78, 5) is 51.5. The summed E-state index contributed by atoms with van der Waals surface area (Å²) >= 11 is 0. The van der Waals surface area contributed by atoms with Crippen molar-refractivity contribution in [2.75, 3.05) is 13.2 Å². The van der Waals surface area contributed by atoms with Crippen LogP contribution in [0.25, 0.3) is 33.9 Å². The fourth-order valence-corrected chi connectivity index (χ4v) is 6.65. The number of amides is 2. The first-order valence-electron chi connectivity index (χ1n) is 18.7. The molecular weight excluding hydrogens is 732 g/mol. The van der Waals surface area contributed by atoms with Crippen LogP contribution in [0.15, 0.2) is 49.1 Å². The van der Waals surface area contributed by atoms with E-state index < -0.39 is 83.8 Å². The summed E-state index contributed by atoms with van der Waals surface area (Å²) in [6.07, 6.45) is 5.59. The molecule has 4 aromatic rings. The van der Waals surface area contributed by atoms with Gasteiger partial charge in [-0.15, -0.1) is 0 Å². The number of benzene rings is 1. The van der Waals surface area contributed by atoms with Crippen LogP contribution < -0.4 is 10.6 Å². The Morgan fingerprint density at radius 1 is 0.625 bits per heavy atom. The summed E-state index contributed by atoms with van der Waals surface area (Å²) < 4.78 is 65.6. The summed E-state index contributed by atoms with van der Waals surface area (Å²) in [7, 11) is 0. The number of hydrogen-bond donors (Lipinski definition) is 4. The van der Waals surface area contributed by atoms with E-state index in [2.05, 4.69) is 40.5 Å². The minimum atomic E-state index is -2.95. The molecule has 0 radical (unpaired) electrons. The van der Waals surface area contributed by atoms with Gasteiger partial charge in [0.2, 0.25) is 0 Å². The van der Waals surface area contributed by atoms with Gasteiger partial charge < -0.3 is 30.1 Å². The molecule has 4 N–H and O–H groups in total. The zero-order valence-electron chi connectivity index (χ0n) is 32.9. The van der Waals surface area contributed by atoms with Crippen molar-refractivity contribution in [1.82, 2.24) is 40.5 Å². The normalized spacial score (nSPS) is 23.6. The highest BCUT2D eigenvalue weighted by Crippen LogP contribution is 2.39. The standard InChI is InChI=1S/C40H50F4N8O4/c1-35(2,3)28(51-33(53)37(7)13-15-39(41,42)21-55-37)31-47-19-26(49-31)23-9-11-24(12-10-23)30-45-17-25(18-46-30)27-20-48-32(50-27)29(36(4,5)6)52-34(54)38(8)14-16-40(43,44)22-56-38/h9-12,17-20,28-29H,13-16,21-22H2,1-8H3,(H,47,49)(H,48,50)(H,51,53)(H,52,54)/t28-,29-,37+,38-/m1/s1. The average molecular weight is 783 g/mol. The van der Waals surface area contributed by atoms with Gasteiger partial charge in [0.05, 0.1) is 35.9 Å². The van der Waals surface area contributed by atoms with Gasteiger partial charge in [0, 0.05) is 36.4 Å². The third kappa shape index (κ3) is 8.96. The summed E-state index contributed by atoms with van der Waals surface area (Å²) in [6.45, 7) is 13.2. The molecule has 0 aliphatic carbocycles. The van der Waals surface area contributed by atoms with Crippen molar-refractivity contribution in [3.05, 3.63) is 60.7 Å². The minimum absolute atomic E-state index is 0.0970. The van der Waals surface area contributed by atoms with Crippen LogP contribution in [0, 0.1) is 10.8 Å². The highest BCUT2D eigenvalue weighted by Gasteiger charge is 2.48. The van der Waals surface area contributed by atoms with E-state index in [0.29, 0.717) is 34.4 Å². The average Bonchev–Trinajstić information content (AvgIpc) is 3.82. The number of H-pyrrole nitrogens is 2. The lowest BCUT2D eigenvalue weighted by atomic mass is 9.85. The van der Waals surface area contributed by atoms with Gasteiger partial charge in [0.25, 0.3) is 23.7 Å². The number of ether oxygens (including phenoxy) is 2. The molecule has 0 saturated carbocycles. The SMILES string of the molecule is CC(C)(C)[C@H](NC(=O)[C@@]1(C)CCC(F)(F)CO1)c1ncc(-c2cnc(-c3ccc(-c4cnc([C@@H](NC(=O)[C@]5(C)CCC(F)(F)CO5)C(C)(C)C)[nH]4)cc3)nc2)[nH]1. The van der Waals surface area contributed by atoms with E-state index in [1.165, 1.54) is 13.8 Å². The molecule has 2 amide bonds. The summed E-state index contributed by atoms with van der Waals surface area (Å²) in [5.74, 6) is -5.35. The van der Waals surface area contributed by atoms with Crippen LogP contribution in [-0.4, -0.2) is 78.0 Å². The quantitative estimate of drug-likeness (QED) is 0.126. The predicted molar refractivity (Wildman–Crippen MR) is 200 cm³/mol. The number of aromatic amines is 2. The topological polar surface area (TPSA) is 160 Å². The van der Waals surface area contributed by atoms with Crippen molar-refractivity contribution >= 4 is 11.8 Å². The van der Waals surface area contributed by atoms with Gasteiger partial charge in [-0.05, 0) is 43.1 Å². The molecule has 2 saturated heterocycles. The van der Waals surface area contributed by atoms with Gasteiger partial charge in [-0.1, -0.05) is 65.8 Å². The summed E-state index contributed by atoms with van der Waals surface area (Å²) in [6, 6.07) is 6.43. The van der Waals surface area contributed by atoms with Crippen molar-refractivity contribution < 1.29 is 36.6 Å². The van der Waals surface area contributed by atoms with Gasteiger partial charge in [-0.3, -0.25) is 9.59 Å². The largest absolute Gasteiger partial charge is 0.359 e. The molecule has 16 heteroatoms. The Kier molecular flexibility index (Phi) is 10.7. The van der Waals surface area contributed by atoms with Gasteiger partial charge in [0.15, 0.2) is 5.82 Å². The molecule has 6 rings (SSSR count). The molecule has 4 atom stereocenters. The molecule has 56 heavy (non-hydrogen) atoms. The molecule has 1 aromatic carbocycles. The molecule has 12 nitrogen and oxygen atoms in total. The number of carbonyl (C=O) groups excluding carboxylic acids is 2. The van der Waals surface area contributed by atoms with Gasteiger partial charge in [-0.25, -0.2) is 37.5 Å². The number of nitrogens with one attached hydrogen (secondary N) is 4. The molecule has 2 aliphatic heterocycles. The Labute approximate surface area is 323 Å². The third-order valence-electron chi connectivity index (χ3n) is 10.5. The van der Waals surface area contributed by atoms with Crippen LogP contribution in [-0.2, 0) is 19.1 Å². The highest BCUT2D eigenvalue weighted by molar-refractivity contribution is 5.86. The Balaban J connectivity index is 1.12. The Morgan fingerprint density at radius 3 is 1.39 bits per heavy atom. The second-order valence-corrected chi connectivity index (χ2v) is 17.5. The second kappa shape index (κ2) is 14.7. The Bertz CT molecular complexity index is 1870. The molecule has 0 bridgehead atoms. The first kappa shape index (κ1) is 40.9. The predicted octanol–water partition coefficient (Wildman–Crippen LogP) is 7.74. The lowest BCUT2D eigenvalue weighted by Crippen LogP contribution is -2.54. The maximum atomic E-state index is 13.7. The Hall–Kier alpha value is -4.70. The van der Waals surface area contributed by atoms with E-state index >= 15 is 0 Å². The number of nitrogens with zero attached hydrogens (tertiary/aromatic N) is 4. The molecule has 2 aliphatic rings. The van der Waals surface area contributed by atoms with E-state index in [4.69, 9.17) is 9.47 Å². The number of halogens is 4. The first-order valence-corrected chi connectivity index (χ1v) is 18.7. The number of alkyl halides is 4. The van der Waals surface area contributed by atoms with Gasteiger partial charge >= 0.3 is 0 Å². The second-order valence-electron chi connectivity index (χ2n) is 17.5. The molecular formula is C40H50F4N8O4. The number of imidazole rings is 2. The number of carbonyl (C=O) groups is 2. The fourth-order valence-electron chi connectivity index (χ4n) is 6.65. The molecule has 0 unspecified atom stereocenters. The van der Waals surface area contributed by atoms with E-state index in [9.17, 15) is 27.2 Å². The van der Waals surface area contributed by atoms with Crippen molar-refractivity contribution in [2.45, 2.75) is 116 Å². The van der Waals surface area contributed by atoms with Crippen molar-refractivity contribution in [3.8, 4) is 33.9 Å². The molecule has 302 valence electrons. The van der Waals surface area contributed by atoms with Crippen LogP contribution >= 0.6 is 0 Å². The van der Waals surface area contributed by atoms with Crippen molar-refractivity contribution in [1.29, 1.82) is 0 Å². The fraction of sp³-hybridized carbons (Fsp3) is 0.550. The van der Waals surface area contributed by atoms with E-state index in [1.807, 2.05) is 65.8 Å². The van der Waals surface area contributed by atoms with Crippen LogP contribution in [0.1, 0.15) is 105 Å². The van der Waals surface area contributed by atoms with Crippen molar-refractivity contribution in [3.63, 3.8) is 0 Å². The maximum absolute atomic E-state index is 13.7. The van der Waals surface area contributed by atoms with Gasteiger partial charge in [0.1, 0.15) is 36.1 Å². The smallest absolute Gasteiger partial charge is 0.271 e. The molecule has 0 spiro atoms. The minimum Gasteiger partial charge on any atom is -0.359 e. The van der Waals surface area contributed by atoms with E-state index in [0.717, 1.165) is 11.1 Å². The highest BCUT2D eigenvalue weighted by atomic mass is 19.3. The number of hydrogen-bond acceptors (Lipinski definition) is 8. The number of aromatic nitrogens is 6. The molecule has 3 aromatic heterocycles. The molecule has 2 fully saturated rings. The lowest BCUT2D eigenvalue weighted by molar-refractivity contribution is -0.190. The monoisotopic (exact) mass is 782 g/mol. The van der Waals surface area contributed by atoms with Crippen LogP contribution in [0.4, 0.5) is 17.6 Å². The van der Waals surface area contributed by atoms with Crippen LogP contribution in [0.3, 0.4) is 0 Å². The molecule has 5 heterocycles. The van der Waals surface area contributed by atoms with Gasteiger partial charge in [-0.2, -0.15) is 0 Å². The lowest BCUT2D eigenvalue weighted by Gasteiger charge is -2.38. The van der Waals surface area contributed by atoms with Crippen LogP contribution in [0.5, 0.6) is 0 Å². The summed E-state index contributed by atoms with van der Waals surface area (Å²) in [5.41, 5.74) is -0.0913. The zero-order valence-corrected chi connectivity index (χ0v) is 32.9. The summed E-state index contributed by atoms with van der Waals surface area (Å²) in [5, 5.41) is 5.97. The maximum Gasteiger partial charge on any atom is 0.271 e. The van der Waals surface area contributed by atoms with E-state index in [1.54, 1.807) is 24.8 Å². The number of rotatable bonds is 9. The van der Waals surface area contributed by atoms with Crippen LogP contribution in [0.2, 0.25) is 0 Å². The zero-order chi connectivity index (χ0) is 40.9. The Morgan fingerprint density at radius 2 is 1.02 bits per heavy atom. The third-order valence-corrected chi connectivity index (χ3v) is 10.5.